The highest BCUT2D eigenvalue weighted by atomic mass is 35.5. The molecule has 0 unspecified atom stereocenters. The van der Waals surface area contributed by atoms with E-state index in [0.29, 0.717) is 28.0 Å². The van der Waals surface area contributed by atoms with Crippen molar-refractivity contribution >= 4 is 23.2 Å². The second-order valence-corrected chi connectivity index (χ2v) is 7.44. The number of methoxy groups -OCH3 is 1. The molecule has 3 rings (SSSR count). The van der Waals surface area contributed by atoms with E-state index in [4.69, 9.17) is 21.1 Å². The summed E-state index contributed by atoms with van der Waals surface area (Å²) < 4.78 is 11.2. The molecule has 0 aliphatic heterocycles. The van der Waals surface area contributed by atoms with Gasteiger partial charge in [-0.15, -0.1) is 0 Å². The van der Waals surface area contributed by atoms with Gasteiger partial charge in [-0.3, -0.25) is 4.79 Å². The van der Waals surface area contributed by atoms with E-state index in [1.807, 2.05) is 24.3 Å². The van der Waals surface area contributed by atoms with Crippen LogP contribution in [0.15, 0.2) is 66.7 Å². The lowest BCUT2D eigenvalue weighted by Gasteiger charge is -2.13. The molecule has 3 aromatic carbocycles. The number of carbonyl (C=O) groups excluding carboxylic acids is 1. The van der Waals surface area contributed by atoms with Crippen molar-refractivity contribution < 1.29 is 14.3 Å². The summed E-state index contributed by atoms with van der Waals surface area (Å²) >= 11 is 5.90. The molecule has 0 atom stereocenters. The summed E-state index contributed by atoms with van der Waals surface area (Å²) in [6, 6.07) is 20.3. The lowest BCUT2D eigenvalue weighted by atomic mass is 10.0. The van der Waals surface area contributed by atoms with Crippen LogP contribution in [0.3, 0.4) is 0 Å². The van der Waals surface area contributed by atoms with E-state index >= 15 is 0 Å². The molecule has 1 N–H and O–H groups in total. The van der Waals surface area contributed by atoms with Crippen molar-refractivity contribution in [1.29, 1.82) is 0 Å². The molecule has 3 aromatic rings. The zero-order valence-electron chi connectivity index (χ0n) is 16.7. The van der Waals surface area contributed by atoms with Crippen molar-refractivity contribution in [3.05, 3.63) is 88.4 Å². The third-order valence-corrected chi connectivity index (χ3v) is 4.84. The Kier molecular flexibility index (Phi) is 6.78. The minimum absolute atomic E-state index is 0.183. The van der Waals surface area contributed by atoms with Gasteiger partial charge in [-0.2, -0.15) is 0 Å². The Hall–Kier alpha value is -2.98. The summed E-state index contributed by atoms with van der Waals surface area (Å²) in [6.07, 6.45) is 0. The van der Waals surface area contributed by atoms with Crippen LogP contribution in [0, 0.1) is 0 Å². The largest absolute Gasteiger partial charge is 0.496 e. The van der Waals surface area contributed by atoms with E-state index in [1.54, 1.807) is 49.6 Å². The Balaban J connectivity index is 1.72. The van der Waals surface area contributed by atoms with Crippen LogP contribution in [-0.2, 0) is 6.61 Å². The number of halogens is 1. The molecule has 150 valence electrons. The third-order valence-electron chi connectivity index (χ3n) is 4.59. The van der Waals surface area contributed by atoms with Gasteiger partial charge in [-0.05, 0) is 66.1 Å². The van der Waals surface area contributed by atoms with Gasteiger partial charge in [0.2, 0.25) is 0 Å². The number of carbonyl (C=O) groups is 1. The number of amides is 1. The molecule has 0 aromatic heterocycles. The maximum atomic E-state index is 12.7. The number of ether oxygens (including phenoxy) is 2. The van der Waals surface area contributed by atoms with Crippen LogP contribution in [0.2, 0.25) is 5.02 Å². The molecule has 0 heterocycles. The van der Waals surface area contributed by atoms with Gasteiger partial charge in [0.05, 0.1) is 7.11 Å². The first-order valence-electron chi connectivity index (χ1n) is 9.43. The molecule has 29 heavy (non-hydrogen) atoms. The first-order valence-corrected chi connectivity index (χ1v) is 9.80. The number of anilines is 1. The summed E-state index contributed by atoms with van der Waals surface area (Å²) in [5, 5.41) is 3.58. The zero-order chi connectivity index (χ0) is 20.8. The highest BCUT2D eigenvalue weighted by Crippen LogP contribution is 2.24. The second kappa shape index (κ2) is 9.48. The summed E-state index contributed by atoms with van der Waals surface area (Å²) in [7, 11) is 1.59. The van der Waals surface area contributed by atoms with Crippen molar-refractivity contribution in [2.24, 2.45) is 0 Å². The van der Waals surface area contributed by atoms with Crippen LogP contribution in [0.5, 0.6) is 11.5 Å². The zero-order valence-corrected chi connectivity index (χ0v) is 17.5. The van der Waals surface area contributed by atoms with Gasteiger partial charge in [0.15, 0.2) is 0 Å². The molecule has 0 spiro atoms. The van der Waals surface area contributed by atoms with Crippen LogP contribution < -0.4 is 14.8 Å². The van der Waals surface area contributed by atoms with Crippen molar-refractivity contribution in [2.75, 3.05) is 12.4 Å². The Morgan fingerprint density at radius 3 is 2.31 bits per heavy atom. The van der Waals surface area contributed by atoms with Crippen LogP contribution in [0.25, 0.3) is 0 Å². The quantitative estimate of drug-likeness (QED) is 0.497. The molecule has 0 aliphatic carbocycles. The van der Waals surface area contributed by atoms with Gasteiger partial charge < -0.3 is 14.8 Å². The Bertz CT molecular complexity index is 966. The van der Waals surface area contributed by atoms with E-state index in [9.17, 15) is 4.79 Å². The smallest absolute Gasteiger partial charge is 0.255 e. The van der Waals surface area contributed by atoms with E-state index in [0.717, 1.165) is 11.3 Å². The summed E-state index contributed by atoms with van der Waals surface area (Å²) in [5.41, 5.74) is 3.31. The summed E-state index contributed by atoms with van der Waals surface area (Å²) in [5.74, 6) is 1.62. The minimum atomic E-state index is -0.183. The molecule has 4 nitrogen and oxygen atoms in total. The maximum absolute atomic E-state index is 12.7. The topological polar surface area (TPSA) is 47.6 Å². The molecule has 0 saturated carbocycles. The lowest BCUT2D eigenvalue weighted by molar-refractivity contribution is 0.102. The fourth-order valence-electron chi connectivity index (χ4n) is 2.88. The van der Waals surface area contributed by atoms with Crippen LogP contribution in [0.4, 0.5) is 5.69 Å². The Morgan fingerprint density at radius 2 is 1.69 bits per heavy atom. The van der Waals surface area contributed by atoms with Gasteiger partial charge >= 0.3 is 0 Å². The Morgan fingerprint density at radius 1 is 1.00 bits per heavy atom. The molecule has 0 saturated heterocycles. The van der Waals surface area contributed by atoms with Crippen molar-refractivity contribution in [3.8, 4) is 11.5 Å². The summed E-state index contributed by atoms with van der Waals surface area (Å²) in [6.45, 7) is 4.55. The fourth-order valence-corrected chi connectivity index (χ4v) is 3.01. The standard InChI is InChI=1S/C24H24ClNO3/c1-16(2)17-4-9-21(10-5-17)26-24(27)18-6-13-23(28-3)19(14-18)15-29-22-11-7-20(25)8-12-22/h4-14,16H,15H2,1-3H3,(H,26,27). The maximum Gasteiger partial charge on any atom is 0.255 e. The number of rotatable bonds is 7. The molecule has 0 aliphatic rings. The second-order valence-electron chi connectivity index (χ2n) is 7.00. The molecule has 0 fully saturated rings. The SMILES string of the molecule is COc1ccc(C(=O)Nc2ccc(C(C)C)cc2)cc1COc1ccc(Cl)cc1. The number of hydrogen-bond donors (Lipinski definition) is 1. The Labute approximate surface area is 176 Å². The predicted molar refractivity (Wildman–Crippen MR) is 117 cm³/mol. The van der Waals surface area contributed by atoms with E-state index < -0.39 is 0 Å². The highest BCUT2D eigenvalue weighted by Gasteiger charge is 2.12. The number of benzene rings is 3. The number of hydrogen-bond acceptors (Lipinski definition) is 3. The van der Waals surface area contributed by atoms with Crippen molar-refractivity contribution in [3.63, 3.8) is 0 Å². The van der Waals surface area contributed by atoms with E-state index in [2.05, 4.69) is 19.2 Å². The lowest BCUT2D eigenvalue weighted by Crippen LogP contribution is -2.13. The van der Waals surface area contributed by atoms with Gasteiger partial charge in [-0.1, -0.05) is 37.6 Å². The van der Waals surface area contributed by atoms with Crippen LogP contribution >= 0.6 is 11.6 Å². The average molecular weight is 410 g/mol. The molecule has 0 radical (unpaired) electrons. The normalized spacial score (nSPS) is 10.7. The predicted octanol–water partition coefficient (Wildman–Crippen LogP) is 6.30. The first-order chi connectivity index (χ1) is 14.0. The van der Waals surface area contributed by atoms with Gasteiger partial charge in [0.25, 0.3) is 5.91 Å². The molecular formula is C24H24ClNO3. The average Bonchev–Trinajstić information content (AvgIpc) is 2.73. The van der Waals surface area contributed by atoms with Crippen LogP contribution in [0.1, 0.15) is 41.3 Å². The van der Waals surface area contributed by atoms with E-state index in [1.165, 1.54) is 5.56 Å². The molecule has 1 amide bonds. The minimum Gasteiger partial charge on any atom is -0.496 e. The van der Waals surface area contributed by atoms with Gasteiger partial charge in [0.1, 0.15) is 18.1 Å². The van der Waals surface area contributed by atoms with Gasteiger partial charge in [-0.25, -0.2) is 0 Å². The molecule has 5 heteroatoms. The fraction of sp³-hybridized carbons (Fsp3) is 0.208. The van der Waals surface area contributed by atoms with E-state index in [-0.39, 0.29) is 12.5 Å². The number of nitrogens with one attached hydrogen (secondary N) is 1. The molecular weight excluding hydrogens is 386 g/mol. The third kappa shape index (κ3) is 5.52. The summed E-state index contributed by atoms with van der Waals surface area (Å²) in [4.78, 5) is 12.7. The van der Waals surface area contributed by atoms with Gasteiger partial charge in [0, 0.05) is 21.8 Å². The first kappa shape index (κ1) is 20.7. The van der Waals surface area contributed by atoms with Crippen molar-refractivity contribution in [1.82, 2.24) is 0 Å². The van der Waals surface area contributed by atoms with Crippen LogP contribution in [-0.4, -0.2) is 13.0 Å². The van der Waals surface area contributed by atoms with Crippen molar-refractivity contribution in [2.45, 2.75) is 26.4 Å². The highest BCUT2D eigenvalue weighted by molar-refractivity contribution is 6.30. The monoisotopic (exact) mass is 409 g/mol. The molecule has 0 bridgehead atoms.